The Balaban J connectivity index is 0.000001000. The fourth-order valence-corrected chi connectivity index (χ4v) is 0.809. The molecule has 5 heteroatoms. The molecule has 1 saturated heterocycles. The first-order valence-corrected chi connectivity index (χ1v) is 3.06. The lowest BCUT2D eigenvalue weighted by molar-refractivity contribution is -0.164. The van der Waals surface area contributed by atoms with Crippen LogP contribution in [0.2, 0.25) is 0 Å². The van der Waals surface area contributed by atoms with Gasteiger partial charge in [-0.25, -0.2) is 4.79 Å². The van der Waals surface area contributed by atoms with E-state index in [1.807, 2.05) is 0 Å². The molecule has 1 atom stereocenters. The molecule has 11 heavy (non-hydrogen) atoms. The number of ether oxygens (including phenoxy) is 2. The lowest BCUT2D eigenvalue weighted by Crippen LogP contribution is -2.26. The summed E-state index contributed by atoms with van der Waals surface area (Å²) in [5, 5.41) is 8.44. The van der Waals surface area contributed by atoms with Gasteiger partial charge in [-0.3, -0.25) is 0 Å². The zero-order valence-electron chi connectivity index (χ0n) is 5.96. The van der Waals surface area contributed by atoms with Gasteiger partial charge in [-0.05, 0) is 13.8 Å². The third-order valence-corrected chi connectivity index (χ3v) is 1.28. The predicted molar refractivity (Wildman–Crippen MR) is 41.1 cm³/mol. The first kappa shape index (κ1) is 11.2. The zero-order valence-corrected chi connectivity index (χ0v) is 5.96. The van der Waals surface area contributed by atoms with E-state index in [4.69, 9.17) is 14.6 Å². The molecule has 1 fully saturated rings. The number of carboxylic acid groups (broad SMARTS) is 1. The first-order valence-electron chi connectivity index (χ1n) is 3.06. The fraction of sp³-hybridized carbons (Fsp3) is 0.833. The normalized spacial score (nSPS) is 27.6. The molecule has 1 unspecified atom stereocenters. The van der Waals surface area contributed by atoms with Gasteiger partial charge in [0, 0.05) is 0 Å². The monoisotopic (exact) mass is 172 g/mol. The van der Waals surface area contributed by atoms with Crippen molar-refractivity contribution in [2.75, 3.05) is 6.61 Å². The molecule has 0 saturated carbocycles. The van der Waals surface area contributed by atoms with E-state index in [-0.39, 0.29) is 29.7 Å². The minimum absolute atomic E-state index is 0. The number of hydrogen-bond donors (Lipinski definition) is 1. The fourth-order valence-electron chi connectivity index (χ4n) is 0.809. The van der Waals surface area contributed by atoms with Gasteiger partial charge in [-0.2, -0.15) is 0 Å². The topological polar surface area (TPSA) is 55.8 Å². The maximum atomic E-state index is 10.3. The van der Waals surface area contributed by atoms with Crippen molar-refractivity contribution in [2.24, 2.45) is 0 Å². The molecule has 4 nitrogen and oxygen atoms in total. The number of rotatable bonds is 1. The van der Waals surface area contributed by atoms with E-state index < -0.39 is 17.9 Å². The smallest absolute Gasteiger partial charge is 0.335 e. The van der Waals surface area contributed by atoms with E-state index in [0.717, 1.165) is 0 Å². The van der Waals surface area contributed by atoms with E-state index in [9.17, 15) is 4.79 Å². The van der Waals surface area contributed by atoms with Crippen LogP contribution in [0.1, 0.15) is 13.8 Å². The van der Waals surface area contributed by atoms with Crippen molar-refractivity contribution in [3.05, 3.63) is 0 Å². The Labute approximate surface area is 81.0 Å². The molecule has 1 aliphatic rings. The number of hydrogen-bond acceptors (Lipinski definition) is 3. The van der Waals surface area contributed by atoms with Gasteiger partial charge in [-0.15, -0.1) is 0 Å². The zero-order chi connectivity index (χ0) is 7.78. The average Bonchev–Trinajstić information content (AvgIpc) is 2.10. The molecule has 0 aromatic heterocycles. The van der Waals surface area contributed by atoms with Crippen molar-refractivity contribution in [2.45, 2.75) is 25.7 Å². The quantitative estimate of drug-likeness (QED) is 0.532. The summed E-state index contributed by atoms with van der Waals surface area (Å²) in [6.07, 6.45) is -0.796. The standard InChI is InChI=1S/C6H10O4.Mg.2H/c1-6(2)9-3-4(10-6)5(7)8;;;/h4H,3H2,1-2H3,(H,7,8);;;. The van der Waals surface area contributed by atoms with Crippen LogP contribution >= 0.6 is 0 Å². The van der Waals surface area contributed by atoms with Crippen LogP contribution in [-0.4, -0.2) is 52.6 Å². The van der Waals surface area contributed by atoms with Gasteiger partial charge in [0.15, 0.2) is 11.9 Å². The summed E-state index contributed by atoms with van der Waals surface area (Å²) in [6.45, 7) is 3.52. The molecular formula is C6H12MgO4. The summed E-state index contributed by atoms with van der Waals surface area (Å²) in [4.78, 5) is 10.3. The molecule has 1 heterocycles. The van der Waals surface area contributed by atoms with Crippen molar-refractivity contribution >= 4 is 29.0 Å². The molecule has 0 bridgehead atoms. The van der Waals surface area contributed by atoms with Crippen LogP contribution in [0.5, 0.6) is 0 Å². The second-order valence-corrected chi connectivity index (χ2v) is 2.66. The van der Waals surface area contributed by atoms with E-state index in [0.29, 0.717) is 0 Å². The molecule has 0 spiro atoms. The second-order valence-electron chi connectivity index (χ2n) is 2.66. The Morgan fingerprint density at radius 3 is 2.36 bits per heavy atom. The van der Waals surface area contributed by atoms with Crippen LogP contribution in [0.15, 0.2) is 0 Å². The molecule has 0 aromatic rings. The van der Waals surface area contributed by atoms with Crippen LogP contribution in [0, 0.1) is 0 Å². The third-order valence-electron chi connectivity index (χ3n) is 1.28. The van der Waals surface area contributed by atoms with Gasteiger partial charge in [0.05, 0.1) is 6.61 Å². The molecule has 0 amide bonds. The van der Waals surface area contributed by atoms with E-state index in [2.05, 4.69) is 0 Å². The molecule has 0 radical (unpaired) electrons. The lowest BCUT2D eigenvalue weighted by Gasteiger charge is -2.15. The summed E-state index contributed by atoms with van der Waals surface area (Å²) in [5.74, 6) is -1.70. The van der Waals surface area contributed by atoms with Crippen LogP contribution in [0.25, 0.3) is 0 Å². The van der Waals surface area contributed by atoms with E-state index in [1.165, 1.54) is 0 Å². The highest BCUT2D eigenvalue weighted by Gasteiger charge is 2.36. The van der Waals surface area contributed by atoms with Gasteiger partial charge in [0.1, 0.15) is 0 Å². The van der Waals surface area contributed by atoms with E-state index >= 15 is 0 Å². The largest absolute Gasteiger partial charge is 0.479 e. The van der Waals surface area contributed by atoms with Crippen molar-refractivity contribution in [1.82, 2.24) is 0 Å². The Bertz CT molecular complexity index is 157. The lowest BCUT2D eigenvalue weighted by atomic mass is 10.4. The highest BCUT2D eigenvalue weighted by molar-refractivity contribution is 5.75. The van der Waals surface area contributed by atoms with Gasteiger partial charge in [-0.1, -0.05) is 0 Å². The first-order chi connectivity index (χ1) is 4.51. The van der Waals surface area contributed by atoms with Crippen molar-refractivity contribution in [3.8, 4) is 0 Å². The number of carbonyl (C=O) groups is 1. The van der Waals surface area contributed by atoms with Gasteiger partial charge >= 0.3 is 29.0 Å². The van der Waals surface area contributed by atoms with Gasteiger partial charge in [0.25, 0.3) is 0 Å². The van der Waals surface area contributed by atoms with Crippen LogP contribution in [-0.2, 0) is 14.3 Å². The van der Waals surface area contributed by atoms with Gasteiger partial charge in [0.2, 0.25) is 0 Å². The Hall–Kier alpha value is 0.156. The summed E-state index contributed by atoms with van der Waals surface area (Å²) in [5.41, 5.74) is 0. The Morgan fingerprint density at radius 1 is 1.64 bits per heavy atom. The Morgan fingerprint density at radius 2 is 2.18 bits per heavy atom. The highest BCUT2D eigenvalue weighted by atomic mass is 24.3. The number of carboxylic acids is 1. The second kappa shape index (κ2) is 3.71. The molecule has 1 N–H and O–H groups in total. The third kappa shape index (κ3) is 2.94. The molecule has 62 valence electrons. The summed E-state index contributed by atoms with van der Waals surface area (Å²) in [7, 11) is 0. The van der Waals surface area contributed by atoms with Crippen LogP contribution in [0.3, 0.4) is 0 Å². The molecule has 1 aliphatic heterocycles. The summed E-state index contributed by atoms with van der Waals surface area (Å²) >= 11 is 0. The SMILES string of the molecule is CC1(C)OCC(C(=O)O)O1.[MgH2]. The summed E-state index contributed by atoms with van der Waals surface area (Å²) in [6, 6.07) is 0. The maximum Gasteiger partial charge on any atom is 0.335 e. The van der Waals surface area contributed by atoms with Crippen molar-refractivity contribution in [1.29, 1.82) is 0 Å². The summed E-state index contributed by atoms with van der Waals surface area (Å²) < 4.78 is 10.00. The minimum atomic E-state index is -0.967. The van der Waals surface area contributed by atoms with E-state index in [1.54, 1.807) is 13.8 Å². The van der Waals surface area contributed by atoms with Crippen LogP contribution in [0.4, 0.5) is 0 Å². The Kier molecular flexibility index (Phi) is 3.76. The van der Waals surface area contributed by atoms with Crippen molar-refractivity contribution in [3.63, 3.8) is 0 Å². The maximum absolute atomic E-state index is 10.3. The highest BCUT2D eigenvalue weighted by Crippen LogP contribution is 2.21. The average molecular weight is 172 g/mol. The van der Waals surface area contributed by atoms with Crippen LogP contribution < -0.4 is 0 Å². The molecule has 0 aliphatic carbocycles. The predicted octanol–water partition coefficient (Wildman–Crippen LogP) is -0.694. The number of aliphatic carboxylic acids is 1. The molecule has 0 aromatic carbocycles. The van der Waals surface area contributed by atoms with Gasteiger partial charge < -0.3 is 14.6 Å². The minimum Gasteiger partial charge on any atom is -0.479 e. The van der Waals surface area contributed by atoms with Crippen molar-refractivity contribution < 1.29 is 19.4 Å². The molecular weight excluding hydrogens is 160 g/mol. The molecule has 1 rings (SSSR count).